The van der Waals surface area contributed by atoms with E-state index in [9.17, 15) is 0 Å². The Morgan fingerprint density at radius 3 is 1.74 bits per heavy atom. The normalized spacial score (nSPS) is 11.7. The summed E-state index contributed by atoms with van der Waals surface area (Å²) < 4.78 is 12.4. The Kier molecular flexibility index (Phi) is 5.20. The van der Waals surface area contributed by atoms with Crippen LogP contribution in [0.3, 0.4) is 0 Å². The molecule has 0 unspecified atom stereocenters. The van der Waals surface area contributed by atoms with E-state index in [1.165, 1.54) is 10.8 Å². The molecule has 9 aromatic rings. The second kappa shape index (κ2) is 9.37. The lowest BCUT2D eigenvalue weighted by Gasteiger charge is -2.27. The SMILES string of the molecule is c1ccc2c(N(c3ccc(-c4ccc5oc6ccccc6c5c4)cc3)c3ccc4c(c3)oc3ccccc34)cccc2c1. The first kappa shape index (κ1) is 23.9. The molecule has 3 heteroatoms. The van der Waals surface area contributed by atoms with Gasteiger partial charge in [-0.2, -0.15) is 0 Å². The predicted octanol–water partition coefficient (Wildman–Crippen LogP) is 11.8. The lowest BCUT2D eigenvalue weighted by atomic mass is 10.0. The van der Waals surface area contributed by atoms with Gasteiger partial charge in [-0.05, 0) is 71.1 Å². The van der Waals surface area contributed by atoms with Crippen LogP contribution in [-0.2, 0) is 0 Å². The largest absolute Gasteiger partial charge is 0.456 e. The minimum Gasteiger partial charge on any atom is -0.456 e. The molecule has 202 valence electrons. The van der Waals surface area contributed by atoms with E-state index in [1.807, 2.05) is 24.3 Å². The quantitative estimate of drug-likeness (QED) is 0.218. The number of fused-ring (bicyclic) bond motifs is 7. The molecule has 2 aromatic heterocycles. The van der Waals surface area contributed by atoms with Gasteiger partial charge in [0.25, 0.3) is 0 Å². The van der Waals surface area contributed by atoms with Crippen molar-refractivity contribution < 1.29 is 8.83 Å². The number of hydrogen-bond acceptors (Lipinski definition) is 3. The minimum atomic E-state index is 0.876. The van der Waals surface area contributed by atoms with Crippen molar-refractivity contribution in [3.05, 3.63) is 152 Å². The molecule has 3 nitrogen and oxygen atoms in total. The molecule has 0 atom stereocenters. The Labute approximate surface area is 247 Å². The highest BCUT2D eigenvalue weighted by atomic mass is 16.3. The van der Waals surface area contributed by atoms with Crippen molar-refractivity contribution >= 4 is 71.7 Å². The minimum absolute atomic E-state index is 0.876. The molecule has 0 spiro atoms. The van der Waals surface area contributed by atoms with Gasteiger partial charge in [0.2, 0.25) is 0 Å². The Morgan fingerprint density at radius 1 is 0.349 bits per heavy atom. The summed E-state index contributed by atoms with van der Waals surface area (Å²) in [5.41, 5.74) is 9.15. The zero-order valence-electron chi connectivity index (χ0n) is 23.2. The highest BCUT2D eigenvalue weighted by Gasteiger charge is 2.18. The van der Waals surface area contributed by atoms with Gasteiger partial charge in [-0.15, -0.1) is 0 Å². The molecule has 0 aliphatic rings. The number of benzene rings is 7. The molecular weight excluding hydrogens is 526 g/mol. The Balaban J connectivity index is 1.19. The van der Waals surface area contributed by atoms with E-state index in [1.54, 1.807) is 0 Å². The third-order valence-corrected chi connectivity index (χ3v) is 8.46. The van der Waals surface area contributed by atoms with Gasteiger partial charge in [-0.1, -0.05) is 91.0 Å². The maximum Gasteiger partial charge on any atom is 0.137 e. The fourth-order valence-electron chi connectivity index (χ4n) is 6.39. The van der Waals surface area contributed by atoms with Gasteiger partial charge >= 0.3 is 0 Å². The fourth-order valence-corrected chi connectivity index (χ4v) is 6.39. The van der Waals surface area contributed by atoms with E-state index in [0.29, 0.717) is 0 Å². The van der Waals surface area contributed by atoms with Gasteiger partial charge < -0.3 is 13.7 Å². The number of hydrogen-bond donors (Lipinski definition) is 0. The zero-order valence-corrected chi connectivity index (χ0v) is 23.2. The van der Waals surface area contributed by atoms with Gasteiger partial charge in [0.15, 0.2) is 0 Å². The monoisotopic (exact) mass is 551 g/mol. The third kappa shape index (κ3) is 3.83. The van der Waals surface area contributed by atoms with Crippen molar-refractivity contribution in [2.24, 2.45) is 0 Å². The summed E-state index contributed by atoms with van der Waals surface area (Å²) in [7, 11) is 0. The third-order valence-electron chi connectivity index (χ3n) is 8.46. The van der Waals surface area contributed by atoms with Crippen LogP contribution in [-0.4, -0.2) is 0 Å². The van der Waals surface area contributed by atoms with Gasteiger partial charge in [0.05, 0.1) is 5.69 Å². The molecule has 43 heavy (non-hydrogen) atoms. The number of para-hydroxylation sites is 2. The van der Waals surface area contributed by atoms with E-state index in [4.69, 9.17) is 8.83 Å². The molecule has 0 N–H and O–H groups in total. The van der Waals surface area contributed by atoms with Crippen LogP contribution in [0.25, 0.3) is 65.8 Å². The van der Waals surface area contributed by atoms with Crippen LogP contribution < -0.4 is 4.90 Å². The smallest absolute Gasteiger partial charge is 0.137 e. The molecule has 7 aromatic carbocycles. The molecule has 0 saturated carbocycles. The average molecular weight is 552 g/mol. The molecule has 0 bridgehead atoms. The molecule has 0 radical (unpaired) electrons. The van der Waals surface area contributed by atoms with Gasteiger partial charge in [0.1, 0.15) is 22.3 Å². The summed E-state index contributed by atoms with van der Waals surface area (Å²) in [6.07, 6.45) is 0. The first-order valence-corrected chi connectivity index (χ1v) is 14.5. The van der Waals surface area contributed by atoms with Crippen LogP contribution in [0.5, 0.6) is 0 Å². The molecule has 0 aliphatic carbocycles. The van der Waals surface area contributed by atoms with Crippen LogP contribution >= 0.6 is 0 Å². The van der Waals surface area contributed by atoms with Crippen molar-refractivity contribution in [2.45, 2.75) is 0 Å². The molecular formula is C40H25NO2. The molecule has 0 fully saturated rings. The van der Waals surface area contributed by atoms with E-state index in [-0.39, 0.29) is 0 Å². The van der Waals surface area contributed by atoms with Crippen molar-refractivity contribution in [3.8, 4) is 11.1 Å². The Morgan fingerprint density at radius 2 is 0.930 bits per heavy atom. The summed E-state index contributed by atoms with van der Waals surface area (Å²) in [6.45, 7) is 0. The summed E-state index contributed by atoms with van der Waals surface area (Å²) in [5.74, 6) is 0. The molecule has 0 amide bonds. The standard InChI is InChI=1S/C40H25NO2/c1-2-10-31-27(8-1)9-7-13-36(31)41(30-21-22-34-32-11-3-5-14-37(32)43-40(34)25-30)29-19-16-26(17-20-29)28-18-23-39-35(24-28)33-12-4-6-15-38(33)42-39/h1-25H. The van der Waals surface area contributed by atoms with Crippen LogP contribution in [0.1, 0.15) is 0 Å². The van der Waals surface area contributed by atoms with E-state index >= 15 is 0 Å². The lowest BCUT2D eigenvalue weighted by molar-refractivity contribution is 0.668. The van der Waals surface area contributed by atoms with Crippen molar-refractivity contribution in [2.75, 3.05) is 4.90 Å². The van der Waals surface area contributed by atoms with Crippen LogP contribution in [0.15, 0.2) is 160 Å². The fraction of sp³-hybridized carbons (Fsp3) is 0. The Bertz CT molecular complexity index is 2460. The van der Waals surface area contributed by atoms with Gasteiger partial charge in [-0.25, -0.2) is 0 Å². The first-order valence-electron chi connectivity index (χ1n) is 14.5. The number of furan rings is 2. The highest BCUT2D eigenvalue weighted by molar-refractivity contribution is 6.08. The molecule has 2 heterocycles. The summed E-state index contributed by atoms with van der Waals surface area (Å²) in [5, 5.41) is 6.91. The molecule has 9 rings (SSSR count). The van der Waals surface area contributed by atoms with Crippen molar-refractivity contribution in [3.63, 3.8) is 0 Å². The summed E-state index contributed by atoms with van der Waals surface area (Å²) in [6, 6.07) is 53.2. The topological polar surface area (TPSA) is 29.5 Å². The van der Waals surface area contributed by atoms with Crippen molar-refractivity contribution in [1.82, 2.24) is 0 Å². The predicted molar refractivity (Wildman–Crippen MR) is 179 cm³/mol. The maximum absolute atomic E-state index is 6.30. The maximum atomic E-state index is 6.30. The molecule has 0 saturated heterocycles. The van der Waals surface area contributed by atoms with Crippen LogP contribution in [0.2, 0.25) is 0 Å². The second-order valence-electron chi connectivity index (χ2n) is 11.0. The van der Waals surface area contributed by atoms with Crippen LogP contribution in [0, 0.1) is 0 Å². The van der Waals surface area contributed by atoms with Gasteiger partial charge in [-0.3, -0.25) is 0 Å². The van der Waals surface area contributed by atoms with E-state index in [0.717, 1.165) is 72.1 Å². The number of anilines is 3. The average Bonchev–Trinajstić information content (AvgIpc) is 3.63. The van der Waals surface area contributed by atoms with Crippen molar-refractivity contribution in [1.29, 1.82) is 0 Å². The first-order chi connectivity index (χ1) is 21.3. The second-order valence-corrected chi connectivity index (χ2v) is 11.0. The van der Waals surface area contributed by atoms with Gasteiger partial charge in [0, 0.05) is 44.4 Å². The number of rotatable bonds is 4. The number of nitrogens with zero attached hydrogens (tertiary/aromatic N) is 1. The Hall–Kier alpha value is -5.80. The highest BCUT2D eigenvalue weighted by Crippen LogP contribution is 2.42. The van der Waals surface area contributed by atoms with E-state index in [2.05, 4.69) is 132 Å². The summed E-state index contributed by atoms with van der Waals surface area (Å²) in [4.78, 5) is 2.32. The van der Waals surface area contributed by atoms with E-state index < -0.39 is 0 Å². The molecule has 0 aliphatic heterocycles. The lowest BCUT2D eigenvalue weighted by Crippen LogP contribution is -2.10. The van der Waals surface area contributed by atoms with Crippen LogP contribution in [0.4, 0.5) is 17.1 Å². The zero-order chi connectivity index (χ0) is 28.3. The summed E-state index contributed by atoms with van der Waals surface area (Å²) >= 11 is 0.